The van der Waals surface area contributed by atoms with Gasteiger partial charge in [-0.3, -0.25) is 29.4 Å². The third kappa shape index (κ3) is 4.05. The van der Waals surface area contributed by atoms with Crippen molar-refractivity contribution in [3.8, 4) is 0 Å². The number of hydrogen-bond donors (Lipinski definition) is 1. The number of nitrogens with zero attached hydrogens (tertiary/aromatic N) is 2. The van der Waals surface area contributed by atoms with E-state index in [1.165, 1.54) is 23.1 Å². The molecule has 1 fully saturated rings. The zero-order chi connectivity index (χ0) is 22.8. The molecule has 1 aromatic heterocycles. The van der Waals surface area contributed by atoms with Gasteiger partial charge in [-0.1, -0.05) is 19.3 Å². The predicted octanol–water partition coefficient (Wildman–Crippen LogP) is 2.07. The van der Waals surface area contributed by atoms with Crippen LogP contribution < -0.4 is 5.32 Å². The van der Waals surface area contributed by atoms with E-state index in [4.69, 9.17) is 4.74 Å². The maximum atomic E-state index is 12.9. The highest BCUT2D eigenvalue weighted by atomic mass is 16.5. The number of carbonyl (C=O) groups excluding carboxylic acids is 5. The van der Waals surface area contributed by atoms with Crippen LogP contribution in [0.1, 0.15) is 73.7 Å². The molecule has 4 amide bonds. The minimum absolute atomic E-state index is 0.0527. The molecule has 0 atom stereocenters. The number of imide groups is 2. The number of hydrogen-bond acceptors (Lipinski definition) is 6. The molecular weight excluding hydrogens is 414 g/mol. The summed E-state index contributed by atoms with van der Waals surface area (Å²) in [6, 6.07) is 7.26. The fourth-order valence-electron chi connectivity index (χ4n) is 4.20. The van der Waals surface area contributed by atoms with Gasteiger partial charge in [0.2, 0.25) is 0 Å². The van der Waals surface area contributed by atoms with Crippen molar-refractivity contribution in [1.29, 1.82) is 0 Å². The summed E-state index contributed by atoms with van der Waals surface area (Å²) in [4.78, 5) is 63.3. The summed E-state index contributed by atoms with van der Waals surface area (Å²) in [5, 5.41) is 2.15. The zero-order valence-electron chi connectivity index (χ0n) is 17.6. The van der Waals surface area contributed by atoms with E-state index < -0.39 is 30.3 Å². The van der Waals surface area contributed by atoms with E-state index in [0.717, 1.165) is 32.1 Å². The Morgan fingerprint density at radius 2 is 1.75 bits per heavy atom. The first-order chi connectivity index (χ1) is 15.4. The molecule has 0 unspecified atom stereocenters. The summed E-state index contributed by atoms with van der Waals surface area (Å²) in [7, 11) is 1.66. The Labute approximate surface area is 184 Å². The second-order valence-electron chi connectivity index (χ2n) is 7.99. The lowest BCUT2D eigenvalue weighted by atomic mass is 9.94. The molecule has 1 saturated carbocycles. The van der Waals surface area contributed by atoms with Gasteiger partial charge in [0.25, 0.3) is 23.6 Å². The molecule has 1 aliphatic carbocycles. The number of nitrogens with one attached hydrogen (secondary N) is 1. The van der Waals surface area contributed by atoms with E-state index in [9.17, 15) is 24.0 Å². The molecule has 2 heterocycles. The van der Waals surface area contributed by atoms with Crippen LogP contribution >= 0.6 is 0 Å². The van der Waals surface area contributed by atoms with Crippen LogP contribution in [-0.2, 0) is 16.6 Å². The Bertz CT molecular complexity index is 1110. The first-order valence-electron chi connectivity index (χ1n) is 10.5. The molecule has 0 bridgehead atoms. The summed E-state index contributed by atoms with van der Waals surface area (Å²) < 4.78 is 6.53. The quantitative estimate of drug-likeness (QED) is 0.566. The maximum absolute atomic E-state index is 12.9. The highest BCUT2D eigenvalue weighted by Gasteiger charge is 2.40. The van der Waals surface area contributed by atoms with Crippen molar-refractivity contribution in [3.05, 3.63) is 58.9 Å². The number of benzene rings is 1. The molecule has 32 heavy (non-hydrogen) atoms. The van der Waals surface area contributed by atoms with Crippen LogP contribution in [-0.4, -0.2) is 51.7 Å². The topological polar surface area (TPSA) is 115 Å². The molecule has 1 N–H and O–H groups in total. The van der Waals surface area contributed by atoms with E-state index in [1.54, 1.807) is 29.9 Å². The fourth-order valence-corrected chi connectivity index (χ4v) is 4.20. The van der Waals surface area contributed by atoms with Crippen molar-refractivity contribution in [2.75, 3.05) is 6.61 Å². The Morgan fingerprint density at radius 1 is 1.03 bits per heavy atom. The number of carbonyl (C=O) groups is 5. The molecule has 166 valence electrons. The normalized spacial score (nSPS) is 16.1. The van der Waals surface area contributed by atoms with Crippen molar-refractivity contribution in [2.24, 2.45) is 7.05 Å². The van der Waals surface area contributed by atoms with Gasteiger partial charge in [0.15, 0.2) is 6.61 Å². The Balaban J connectivity index is 1.38. The number of fused-ring (bicyclic) bond motifs is 1. The lowest BCUT2D eigenvalue weighted by Crippen LogP contribution is -2.40. The average Bonchev–Trinajstić information content (AvgIpc) is 3.33. The first kappa shape index (κ1) is 21.5. The van der Waals surface area contributed by atoms with E-state index in [-0.39, 0.29) is 34.3 Å². The molecular formula is C23H23N3O6. The summed E-state index contributed by atoms with van der Waals surface area (Å²) in [6.45, 7) is -0.660. The molecule has 2 aliphatic rings. The van der Waals surface area contributed by atoms with Gasteiger partial charge < -0.3 is 9.30 Å². The summed E-state index contributed by atoms with van der Waals surface area (Å²) >= 11 is 0. The highest BCUT2D eigenvalue weighted by molar-refractivity contribution is 6.22. The van der Waals surface area contributed by atoms with Crippen LogP contribution in [0.4, 0.5) is 0 Å². The van der Waals surface area contributed by atoms with Crippen LogP contribution in [0.15, 0.2) is 36.5 Å². The van der Waals surface area contributed by atoms with Gasteiger partial charge in [-0.25, -0.2) is 4.79 Å². The van der Waals surface area contributed by atoms with Crippen molar-refractivity contribution in [2.45, 2.75) is 38.1 Å². The van der Waals surface area contributed by atoms with Crippen LogP contribution in [0.5, 0.6) is 0 Å². The Morgan fingerprint density at radius 3 is 2.44 bits per heavy atom. The molecule has 1 aromatic carbocycles. The van der Waals surface area contributed by atoms with E-state index >= 15 is 0 Å². The second kappa shape index (κ2) is 8.78. The van der Waals surface area contributed by atoms with Gasteiger partial charge in [-0.15, -0.1) is 0 Å². The maximum Gasteiger partial charge on any atom is 0.338 e. The van der Waals surface area contributed by atoms with Crippen molar-refractivity contribution in [1.82, 2.24) is 14.8 Å². The lowest BCUT2D eigenvalue weighted by molar-refractivity contribution is -0.123. The number of amides is 4. The van der Waals surface area contributed by atoms with Crippen LogP contribution in [0.25, 0.3) is 0 Å². The zero-order valence-corrected chi connectivity index (χ0v) is 17.6. The summed E-state index contributed by atoms with van der Waals surface area (Å²) in [5.41, 5.74) is 0.771. The van der Waals surface area contributed by atoms with Crippen LogP contribution in [0, 0.1) is 0 Å². The largest absolute Gasteiger partial charge is 0.452 e. The van der Waals surface area contributed by atoms with Crippen LogP contribution in [0.3, 0.4) is 0 Å². The van der Waals surface area contributed by atoms with Crippen molar-refractivity contribution in [3.63, 3.8) is 0 Å². The van der Waals surface area contributed by atoms with E-state index in [0.29, 0.717) is 0 Å². The SMILES string of the molecule is Cn1cccc1C(=O)NC(=O)COC(=O)c1ccc2c(c1)C(=O)N(C1CCCCC1)C2=O. The number of ether oxygens (including phenoxy) is 1. The van der Waals surface area contributed by atoms with Gasteiger partial charge in [-0.05, 0) is 43.2 Å². The number of aromatic nitrogens is 1. The number of rotatable bonds is 5. The number of aryl methyl sites for hydroxylation is 1. The van der Waals surface area contributed by atoms with E-state index in [2.05, 4.69) is 5.32 Å². The molecule has 4 rings (SSSR count). The third-order valence-electron chi connectivity index (χ3n) is 5.86. The smallest absolute Gasteiger partial charge is 0.338 e. The third-order valence-corrected chi connectivity index (χ3v) is 5.86. The van der Waals surface area contributed by atoms with Gasteiger partial charge >= 0.3 is 5.97 Å². The Hall–Kier alpha value is -3.75. The molecule has 0 spiro atoms. The lowest BCUT2D eigenvalue weighted by Gasteiger charge is -2.29. The van der Waals surface area contributed by atoms with E-state index in [1.807, 2.05) is 0 Å². The molecule has 1 aliphatic heterocycles. The van der Waals surface area contributed by atoms with Crippen molar-refractivity contribution >= 4 is 29.6 Å². The van der Waals surface area contributed by atoms with Gasteiger partial charge in [0.05, 0.1) is 16.7 Å². The molecule has 0 radical (unpaired) electrons. The summed E-state index contributed by atoms with van der Waals surface area (Å²) in [5.74, 6) is -2.96. The first-order valence-corrected chi connectivity index (χ1v) is 10.5. The van der Waals surface area contributed by atoms with Crippen molar-refractivity contribution < 1.29 is 28.7 Å². The van der Waals surface area contributed by atoms with Crippen LogP contribution in [0.2, 0.25) is 0 Å². The standard InChI is InChI=1S/C23H23N3O6/c1-25-11-5-8-18(25)20(28)24-19(27)13-32-23(31)14-9-10-16-17(12-14)22(30)26(21(16)29)15-6-3-2-4-7-15/h5,8-12,15H,2-4,6-7,13H2,1H3,(H,24,27,28). The molecule has 2 aromatic rings. The molecule has 9 heteroatoms. The van der Waals surface area contributed by atoms with Gasteiger partial charge in [0.1, 0.15) is 5.69 Å². The average molecular weight is 437 g/mol. The highest BCUT2D eigenvalue weighted by Crippen LogP contribution is 2.31. The second-order valence-corrected chi connectivity index (χ2v) is 7.99. The minimum atomic E-state index is -0.828. The molecule has 9 nitrogen and oxygen atoms in total. The number of esters is 1. The fraction of sp³-hybridized carbons (Fsp3) is 0.348. The molecule has 0 saturated heterocycles. The van der Waals surface area contributed by atoms with Gasteiger partial charge in [0, 0.05) is 19.3 Å². The van der Waals surface area contributed by atoms with Gasteiger partial charge in [-0.2, -0.15) is 0 Å². The Kier molecular flexibility index (Phi) is 5.89. The predicted molar refractivity (Wildman–Crippen MR) is 112 cm³/mol. The summed E-state index contributed by atoms with van der Waals surface area (Å²) in [6.07, 6.45) is 6.29. The minimum Gasteiger partial charge on any atom is -0.452 e. The monoisotopic (exact) mass is 437 g/mol.